The Labute approximate surface area is 107 Å². The number of ketones is 1. The lowest BCUT2D eigenvalue weighted by atomic mass is 10.1. The number of ether oxygens (including phenoxy) is 2. The number of amides is 1. The first kappa shape index (κ1) is 13.5. The molecule has 0 aliphatic heterocycles. The second-order valence-corrected chi connectivity index (χ2v) is 3.65. The molecule has 92 valence electrons. The van der Waals surface area contributed by atoms with Gasteiger partial charge in [-0.2, -0.15) is 0 Å². The van der Waals surface area contributed by atoms with Gasteiger partial charge in [0.15, 0.2) is 5.78 Å². The molecule has 0 radical (unpaired) electrons. The fourth-order valence-corrected chi connectivity index (χ4v) is 1.54. The number of rotatable bonds is 4. The normalized spacial score (nSPS) is 9.59. The Hall–Kier alpha value is -1.56. The zero-order chi connectivity index (χ0) is 12.8. The Bertz CT molecular complexity index is 433. The maximum absolute atomic E-state index is 11.5. The number of carbonyl (C=O) groups excluding carboxylic acids is 2. The average Bonchev–Trinajstić information content (AvgIpc) is 2.37. The Balaban J connectivity index is 3.00. The van der Waals surface area contributed by atoms with E-state index in [-0.39, 0.29) is 11.1 Å². The maximum Gasteiger partial charge on any atom is 0.411 e. The van der Waals surface area contributed by atoms with Crippen molar-refractivity contribution < 1.29 is 19.1 Å². The fourth-order valence-electron chi connectivity index (χ4n) is 1.24. The summed E-state index contributed by atoms with van der Waals surface area (Å²) in [5.41, 5.74) is 0.958. The minimum atomic E-state index is -0.577. The zero-order valence-corrected chi connectivity index (χ0v) is 11.0. The molecule has 1 N–H and O–H groups in total. The predicted molar refractivity (Wildman–Crippen MR) is 67.1 cm³/mol. The number of nitrogens with one attached hydrogen (secondary N) is 1. The van der Waals surface area contributed by atoms with E-state index >= 15 is 0 Å². The summed E-state index contributed by atoms with van der Waals surface area (Å²) < 4.78 is 9.55. The van der Waals surface area contributed by atoms with Crippen LogP contribution in [0.5, 0.6) is 5.75 Å². The van der Waals surface area contributed by atoms with E-state index in [0.29, 0.717) is 17.0 Å². The van der Waals surface area contributed by atoms with Gasteiger partial charge in [-0.15, -0.1) is 0 Å². The lowest BCUT2D eigenvalue weighted by molar-refractivity contribution is 0.102. The summed E-state index contributed by atoms with van der Waals surface area (Å²) in [6.45, 7) is 0. The van der Waals surface area contributed by atoms with E-state index in [1.54, 1.807) is 18.2 Å². The molecule has 5 nitrogen and oxygen atoms in total. The van der Waals surface area contributed by atoms with Gasteiger partial charge in [-0.25, -0.2) is 4.79 Å². The molecule has 1 aromatic rings. The number of halogens is 1. The first-order valence-electron chi connectivity index (χ1n) is 4.74. The third-order valence-corrected chi connectivity index (χ3v) is 2.56. The molecule has 1 aromatic carbocycles. The molecule has 1 amide bonds. The highest BCUT2D eigenvalue weighted by Crippen LogP contribution is 2.24. The SMILES string of the molecule is COC(=O)Nc1ccc(C(=O)CBr)c(OC)c1. The van der Waals surface area contributed by atoms with E-state index in [1.807, 2.05) is 0 Å². The van der Waals surface area contributed by atoms with Gasteiger partial charge < -0.3 is 9.47 Å². The van der Waals surface area contributed by atoms with Crippen LogP contribution in [0, 0.1) is 0 Å². The number of methoxy groups -OCH3 is 2. The van der Waals surface area contributed by atoms with Crippen LogP contribution in [0.4, 0.5) is 10.5 Å². The number of benzene rings is 1. The molecule has 0 saturated carbocycles. The highest BCUT2D eigenvalue weighted by atomic mass is 79.9. The second kappa shape index (κ2) is 6.24. The summed E-state index contributed by atoms with van der Waals surface area (Å²) in [7, 11) is 2.73. The van der Waals surface area contributed by atoms with Crippen LogP contribution in [-0.2, 0) is 4.74 Å². The van der Waals surface area contributed by atoms with Gasteiger partial charge in [-0.05, 0) is 12.1 Å². The molecule has 0 fully saturated rings. The summed E-state index contributed by atoms with van der Waals surface area (Å²) in [6, 6.07) is 4.76. The summed E-state index contributed by atoms with van der Waals surface area (Å²) in [5.74, 6) is 0.315. The molecule has 0 heterocycles. The Kier molecular flexibility index (Phi) is 4.96. The summed E-state index contributed by atoms with van der Waals surface area (Å²) >= 11 is 3.09. The topological polar surface area (TPSA) is 64.6 Å². The predicted octanol–water partition coefficient (Wildman–Crippen LogP) is 2.45. The van der Waals surface area contributed by atoms with Crippen LogP contribution in [0.1, 0.15) is 10.4 Å². The molecule has 1 rings (SSSR count). The van der Waals surface area contributed by atoms with Crippen molar-refractivity contribution in [2.24, 2.45) is 0 Å². The largest absolute Gasteiger partial charge is 0.496 e. The summed E-state index contributed by atoms with van der Waals surface area (Å²) in [4.78, 5) is 22.6. The standard InChI is InChI=1S/C11H12BrNO4/c1-16-10-5-7(13-11(15)17-2)3-4-8(10)9(14)6-12/h3-5H,6H2,1-2H3,(H,13,15). The van der Waals surface area contributed by atoms with Crippen LogP contribution >= 0.6 is 15.9 Å². The number of anilines is 1. The molecule has 6 heteroatoms. The van der Waals surface area contributed by atoms with Crippen LogP contribution in [0.2, 0.25) is 0 Å². The number of hydrogen-bond acceptors (Lipinski definition) is 4. The molecule has 0 saturated heterocycles. The van der Waals surface area contributed by atoms with Crippen LogP contribution in [0.15, 0.2) is 18.2 Å². The van der Waals surface area contributed by atoms with E-state index in [1.165, 1.54) is 14.2 Å². The van der Waals surface area contributed by atoms with Crippen LogP contribution in [0.25, 0.3) is 0 Å². The Morgan fingerprint density at radius 3 is 2.59 bits per heavy atom. The molecule has 0 atom stereocenters. The van der Waals surface area contributed by atoms with Crippen LogP contribution in [-0.4, -0.2) is 31.4 Å². The number of alkyl halides is 1. The van der Waals surface area contributed by atoms with E-state index in [2.05, 4.69) is 26.0 Å². The monoisotopic (exact) mass is 301 g/mol. The maximum atomic E-state index is 11.5. The molecule has 17 heavy (non-hydrogen) atoms. The quantitative estimate of drug-likeness (QED) is 0.685. The highest BCUT2D eigenvalue weighted by molar-refractivity contribution is 9.09. The van der Waals surface area contributed by atoms with Crippen molar-refractivity contribution in [2.45, 2.75) is 0 Å². The van der Waals surface area contributed by atoms with Gasteiger partial charge in [0.05, 0.1) is 25.1 Å². The minimum absolute atomic E-state index is 0.0912. The summed E-state index contributed by atoms with van der Waals surface area (Å²) in [5, 5.41) is 2.70. The third kappa shape index (κ3) is 3.45. The van der Waals surface area contributed by atoms with Crippen LogP contribution < -0.4 is 10.1 Å². The van der Waals surface area contributed by atoms with E-state index < -0.39 is 6.09 Å². The molecule has 0 bridgehead atoms. The molecular formula is C11H12BrNO4. The van der Waals surface area contributed by atoms with Gasteiger partial charge >= 0.3 is 6.09 Å². The first-order chi connectivity index (χ1) is 8.12. The van der Waals surface area contributed by atoms with Crippen molar-refractivity contribution in [3.63, 3.8) is 0 Å². The van der Waals surface area contributed by atoms with Gasteiger partial charge in [0.25, 0.3) is 0 Å². The van der Waals surface area contributed by atoms with Crippen molar-refractivity contribution in [1.82, 2.24) is 0 Å². The third-order valence-electron chi connectivity index (χ3n) is 2.06. The Morgan fingerprint density at radius 2 is 2.06 bits per heavy atom. The molecule has 0 aliphatic carbocycles. The van der Waals surface area contributed by atoms with Crippen molar-refractivity contribution in [3.05, 3.63) is 23.8 Å². The lowest BCUT2D eigenvalue weighted by Crippen LogP contribution is -2.11. The van der Waals surface area contributed by atoms with E-state index in [9.17, 15) is 9.59 Å². The second-order valence-electron chi connectivity index (χ2n) is 3.09. The van der Waals surface area contributed by atoms with Crippen molar-refractivity contribution >= 4 is 33.5 Å². The fraction of sp³-hybridized carbons (Fsp3) is 0.273. The number of carbonyl (C=O) groups is 2. The number of Topliss-reactive ketones (excluding diaryl/α,β-unsaturated/α-hetero) is 1. The number of hydrogen-bond donors (Lipinski definition) is 1. The molecule has 0 unspecified atom stereocenters. The average molecular weight is 302 g/mol. The smallest absolute Gasteiger partial charge is 0.411 e. The van der Waals surface area contributed by atoms with Gasteiger partial charge in [-0.1, -0.05) is 15.9 Å². The van der Waals surface area contributed by atoms with Crippen molar-refractivity contribution in [2.75, 3.05) is 24.9 Å². The molecule has 0 aromatic heterocycles. The lowest BCUT2D eigenvalue weighted by Gasteiger charge is -2.09. The zero-order valence-electron chi connectivity index (χ0n) is 9.45. The Morgan fingerprint density at radius 1 is 1.35 bits per heavy atom. The summed E-state index contributed by atoms with van der Waals surface area (Å²) in [6.07, 6.45) is -0.577. The minimum Gasteiger partial charge on any atom is -0.496 e. The van der Waals surface area contributed by atoms with Crippen LogP contribution in [0.3, 0.4) is 0 Å². The van der Waals surface area contributed by atoms with Gasteiger partial charge in [0, 0.05) is 11.8 Å². The van der Waals surface area contributed by atoms with E-state index in [0.717, 1.165) is 0 Å². The first-order valence-corrected chi connectivity index (χ1v) is 5.86. The van der Waals surface area contributed by atoms with Gasteiger partial charge in [0.1, 0.15) is 5.75 Å². The molecule has 0 aliphatic rings. The highest BCUT2D eigenvalue weighted by Gasteiger charge is 2.12. The van der Waals surface area contributed by atoms with Crippen molar-refractivity contribution in [1.29, 1.82) is 0 Å². The van der Waals surface area contributed by atoms with Gasteiger partial charge in [-0.3, -0.25) is 10.1 Å². The molecule has 0 spiro atoms. The van der Waals surface area contributed by atoms with Gasteiger partial charge in [0.2, 0.25) is 0 Å². The molecular weight excluding hydrogens is 290 g/mol. The van der Waals surface area contributed by atoms with Crippen molar-refractivity contribution in [3.8, 4) is 5.75 Å². The van der Waals surface area contributed by atoms with E-state index in [4.69, 9.17) is 4.74 Å².